The molecule has 1 unspecified atom stereocenters. The van der Waals surface area contributed by atoms with Crippen molar-refractivity contribution in [1.29, 1.82) is 0 Å². The Morgan fingerprint density at radius 2 is 1.45 bits per heavy atom. The van der Waals surface area contributed by atoms with Gasteiger partial charge in [0.05, 0.1) is 14.2 Å². The summed E-state index contributed by atoms with van der Waals surface area (Å²) in [4.78, 5) is 26.3. The Hall–Kier alpha value is -4.87. The van der Waals surface area contributed by atoms with E-state index in [2.05, 4.69) is 35.8 Å². The van der Waals surface area contributed by atoms with Gasteiger partial charge in [0.1, 0.15) is 0 Å². The molecule has 7 rings (SSSR count). The molecule has 12 nitrogen and oxygen atoms in total. The average Bonchev–Trinajstić information content (AvgIpc) is 3.80. The molecule has 1 aliphatic rings. The standard InChI is InChI=1S/C39H37N5O7PSe/c1-47-30-18-14-28(15-19-30)39(27-12-8-5-9-13-27,29-16-20-31(48-2)21-17-29)49-23-33-32(51-52(3,46)53)22-34(50-33)44-25-42-35-36(40-24-41-37(35)44)43-38(45)26-10-6-4-7-11-26/h4-21,24-25,32-34H,22-23H2,1-3H3,(H,40,41,43,45)/t32-,33+,34+,52?/m0/s1. The summed E-state index contributed by atoms with van der Waals surface area (Å²) in [6, 6.07) is 31.2. The van der Waals surface area contributed by atoms with E-state index in [0.717, 1.165) is 16.7 Å². The van der Waals surface area contributed by atoms with Gasteiger partial charge in [-0.15, -0.1) is 0 Å². The van der Waals surface area contributed by atoms with Crippen LogP contribution >= 0.6 is 6.06 Å². The SMILES string of the molecule is COc1ccc(C(OC[C@H]2O[C@@H](n3cnc4c(NC(=O)c5ccccc5)ncnc43)C[C@@H]2OP(C)(=O)[Se])(c2ccccc2)c2ccc(OC)cc2)cc1. The van der Waals surface area contributed by atoms with E-state index >= 15 is 0 Å². The van der Waals surface area contributed by atoms with Crippen molar-refractivity contribution in [3.8, 4) is 11.5 Å². The van der Waals surface area contributed by atoms with Gasteiger partial charge in [0.15, 0.2) is 0 Å². The summed E-state index contributed by atoms with van der Waals surface area (Å²) in [5.41, 5.74) is 2.81. The molecular weight excluding hydrogens is 760 g/mol. The van der Waals surface area contributed by atoms with Crippen molar-refractivity contribution in [3.05, 3.63) is 144 Å². The summed E-state index contributed by atoms with van der Waals surface area (Å²) >= 11 is 2.69. The number of fused-ring (bicyclic) bond motifs is 1. The fourth-order valence-corrected chi connectivity index (χ4v) is 7.99. The molecule has 4 aromatic carbocycles. The zero-order valence-corrected chi connectivity index (χ0v) is 31.8. The Morgan fingerprint density at radius 1 is 0.868 bits per heavy atom. The van der Waals surface area contributed by atoms with Crippen molar-refractivity contribution >= 4 is 44.5 Å². The predicted molar refractivity (Wildman–Crippen MR) is 201 cm³/mol. The molecule has 0 spiro atoms. The van der Waals surface area contributed by atoms with Crippen LogP contribution in [0.1, 0.15) is 39.7 Å². The summed E-state index contributed by atoms with van der Waals surface area (Å²) in [5.74, 6) is 1.36. The molecule has 1 fully saturated rings. The summed E-state index contributed by atoms with van der Waals surface area (Å²) in [6.45, 7) is 1.58. The van der Waals surface area contributed by atoms with E-state index in [4.69, 9.17) is 23.5 Å². The van der Waals surface area contributed by atoms with Gasteiger partial charge in [-0.3, -0.25) is 0 Å². The molecule has 3 heterocycles. The van der Waals surface area contributed by atoms with Crippen LogP contribution in [0.3, 0.4) is 0 Å². The molecular formula is C39H37N5O7PSe. The topological polar surface area (TPSA) is 136 Å². The number of hydrogen-bond acceptors (Lipinski definition) is 10. The van der Waals surface area contributed by atoms with Crippen molar-refractivity contribution < 1.29 is 32.8 Å². The maximum absolute atomic E-state index is 13.1. The van der Waals surface area contributed by atoms with E-state index in [1.807, 2.05) is 84.9 Å². The van der Waals surface area contributed by atoms with E-state index in [-0.39, 0.29) is 18.3 Å². The van der Waals surface area contributed by atoms with E-state index in [0.29, 0.717) is 34.6 Å². The van der Waals surface area contributed by atoms with Crippen molar-refractivity contribution in [2.24, 2.45) is 0 Å². The van der Waals surface area contributed by atoms with Gasteiger partial charge in [0, 0.05) is 0 Å². The van der Waals surface area contributed by atoms with Crippen molar-refractivity contribution in [3.63, 3.8) is 0 Å². The van der Waals surface area contributed by atoms with Crippen LogP contribution in [0.4, 0.5) is 5.82 Å². The van der Waals surface area contributed by atoms with Gasteiger partial charge in [-0.2, -0.15) is 0 Å². The van der Waals surface area contributed by atoms with Crippen molar-refractivity contribution in [2.45, 2.75) is 30.5 Å². The number of hydrogen-bond donors (Lipinski definition) is 1. The second kappa shape index (κ2) is 15.6. The number of nitrogens with one attached hydrogen (secondary N) is 1. The molecule has 0 saturated carbocycles. The zero-order valence-electron chi connectivity index (χ0n) is 29.2. The number of benzene rings is 4. The molecule has 271 valence electrons. The molecule has 53 heavy (non-hydrogen) atoms. The third-order valence-corrected chi connectivity index (χ3v) is 10.3. The van der Waals surface area contributed by atoms with Crippen molar-refractivity contribution in [2.75, 3.05) is 32.8 Å². The van der Waals surface area contributed by atoms with Crippen LogP contribution in [-0.4, -0.2) is 80.7 Å². The molecule has 1 aliphatic heterocycles. The van der Waals surface area contributed by atoms with Crippen LogP contribution in [-0.2, 0) is 24.2 Å². The van der Waals surface area contributed by atoms with Crippen LogP contribution < -0.4 is 14.8 Å². The second-order valence-corrected chi connectivity index (χ2v) is 18.4. The molecule has 6 aromatic rings. The van der Waals surface area contributed by atoms with Gasteiger partial charge in [0.2, 0.25) is 0 Å². The predicted octanol–water partition coefficient (Wildman–Crippen LogP) is 6.77. The number of aromatic nitrogens is 4. The number of carbonyl (C=O) groups excluding carboxylic acids is 1. The molecule has 0 bridgehead atoms. The Morgan fingerprint density at radius 3 is 2.04 bits per heavy atom. The first-order valence-corrected chi connectivity index (χ1v) is 21.1. The number of methoxy groups -OCH3 is 2. The molecule has 1 saturated heterocycles. The summed E-state index contributed by atoms with van der Waals surface area (Å²) in [7, 11) is 3.25. The first-order chi connectivity index (χ1) is 25.7. The van der Waals surface area contributed by atoms with E-state index in [1.165, 1.54) is 13.0 Å². The number of nitrogens with zero attached hydrogens (tertiary/aromatic N) is 4. The Bertz CT molecular complexity index is 2170. The molecule has 4 atom stereocenters. The van der Waals surface area contributed by atoms with Gasteiger partial charge in [-0.1, -0.05) is 18.2 Å². The average molecular weight is 798 g/mol. The summed E-state index contributed by atoms with van der Waals surface area (Å²) < 4.78 is 45.8. The first kappa shape index (κ1) is 36.5. The van der Waals surface area contributed by atoms with E-state index < -0.39 is 30.1 Å². The Balaban J connectivity index is 1.23. The minimum absolute atomic E-state index is 0.0497. The molecule has 0 aliphatic carbocycles. The van der Waals surface area contributed by atoms with Crippen LogP contribution in [0.2, 0.25) is 0 Å². The first-order valence-electron chi connectivity index (χ1n) is 16.8. The number of imidazole rings is 1. The normalized spacial score (nSPS) is 18.4. The van der Waals surface area contributed by atoms with Crippen LogP contribution in [0.25, 0.3) is 11.2 Å². The molecule has 1 radical (unpaired) electrons. The minimum atomic E-state index is -3.10. The van der Waals surface area contributed by atoms with Crippen LogP contribution in [0.5, 0.6) is 11.5 Å². The number of carbonyl (C=O) groups is 1. The second-order valence-electron chi connectivity index (χ2n) is 12.5. The summed E-state index contributed by atoms with van der Waals surface area (Å²) in [5, 5.41) is 2.84. The fourth-order valence-electron chi connectivity index (χ4n) is 6.58. The Kier molecular flexibility index (Phi) is 10.8. The quantitative estimate of drug-likeness (QED) is 0.0758. The van der Waals surface area contributed by atoms with E-state index in [9.17, 15) is 9.36 Å². The maximum atomic E-state index is 13.1. The van der Waals surface area contributed by atoms with Gasteiger partial charge < -0.3 is 0 Å². The number of amides is 1. The summed E-state index contributed by atoms with van der Waals surface area (Å²) in [6.07, 6.45) is 1.36. The van der Waals surface area contributed by atoms with E-state index in [1.54, 1.807) is 49.4 Å². The van der Waals surface area contributed by atoms with Gasteiger partial charge in [0.25, 0.3) is 0 Å². The molecule has 1 N–H and O–H groups in total. The Labute approximate surface area is 314 Å². The number of rotatable bonds is 13. The molecule has 2 aromatic heterocycles. The zero-order chi connectivity index (χ0) is 37.0. The molecule has 14 heteroatoms. The monoisotopic (exact) mass is 798 g/mol. The molecule has 1 amide bonds. The van der Waals surface area contributed by atoms with Crippen LogP contribution in [0.15, 0.2) is 122 Å². The van der Waals surface area contributed by atoms with Gasteiger partial charge >= 0.3 is 271 Å². The fraction of sp³-hybridized carbons (Fsp3) is 0.231. The van der Waals surface area contributed by atoms with Gasteiger partial charge in [-0.25, -0.2) is 0 Å². The third-order valence-electron chi connectivity index (χ3n) is 9.08. The van der Waals surface area contributed by atoms with Gasteiger partial charge in [-0.05, 0) is 12.1 Å². The van der Waals surface area contributed by atoms with Crippen LogP contribution in [0, 0.1) is 0 Å². The number of anilines is 1. The van der Waals surface area contributed by atoms with Crippen molar-refractivity contribution in [1.82, 2.24) is 19.5 Å². The number of ether oxygens (including phenoxy) is 4. The third kappa shape index (κ3) is 7.77.